The molecular formula is C16H26N4O4. The van der Waals surface area contributed by atoms with E-state index in [1.54, 1.807) is 10.9 Å². The number of hydrogen-bond acceptors (Lipinski definition) is 5. The molecule has 1 fully saturated rings. The van der Waals surface area contributed by atoms with Crippen molar-refractivity contribution in [3.05, 3.63) is 12.4 Å². The molecule has 0 aliphatic carbocycles. The SMILES string of the molecule is CCC(O)(CC)CNC(=O)C(=O)Nc1cnn(C[C@@H]2CCCO2)c1. The molecular weight excluding hydrogens is 312 g/mol. The Hall–Kier alpha value is -1.93. The number of carbonyl (C=O) groups is 2. The van der Waals surface area contributed by atoms with Crippen LogP contribution in [0.15, 0.2) is 12.4 Å². The first kappa shape index (κ1) is 18.4. The van der Waals surface area contributed by atoms with E-state index in [9.17, 15) is 14.7 Å². The second-order valence-electron chi connectivity index (χ2n) is 6.15. The van der Waals surface area contributed by atoms with E-state index in [1.807, 2.05) is 13.8 Å². The summed E-state index contributed by atoms with van der Waals surface area (Å²) in [6, 6.07) is 0. The number of aliphatic hydroxyl groups is 1. The van der Waals surface area contributed by atoms with Crippen LogP contribution in [0.5, 0.6) is 0 Å². The van der Waals surface area contributed by atoms with E-state index in [0.29, 0.717) is 25.1 Å². The summed E-state index contributed by atoms with van der Waals surface area (Å²) in [5.74, 6) is -1.55. The minimum absolute atomic E-state index is 0.0462. The molecule has 8 heteroatoms. The van der Waals surface area contributed by atoms with Gasteiger partial charge in [0, 0.05) is 19.3 Å². The second-order valence-corrected chi connectivity index (χ2v) is 6.15. The molecule has 134 valence electrons. The lowest BCUT2D eigenvalue weighted by molar-refractivity contribution is -0.136. The Morgan fingerprint density at radius 1 is 1.42 bits per heavy atom. The monoisotopic (exact) mass is 338 g/mol. The first-order valence-corrected chi connectivity index (χ1v) is 8.41. The van der Waals surface area contributed by atoms with E-state index in [2.05, 4.69) is 15.7 Å². The zero-order chi connectivity index (χ0) is 17.6. The van der Waals surface area contributed by atoms with Gasteiger partial charge in [-0.2, -0.15) is 5.10 Å². The minimum atomic E-state index is -0.984. The van der Waals surface area contributed by atoms with Gasteiger partial charge in [0.05, 0.1) is 30.1 Å². The lowest BCUT2D eigenvalue weighted by Crippen LogP contribution is -2.45. The summed E-state index contributed by atoms with van der Waals surface area (Å²) >= 11 is 0. The van der Waals surface area contributed by atoms with Crippen LogP contribution in [-0.2, 0) is 20.9 Å². The van der Waals surface area contributed by atoms with Gasteiger partial charge in [0.15, 0.2) is 0 Å². The van der Waals surface area contributed by atoms with Gasteiger partial charge in [-0.05, 0) is 25.7 Å². The molecule has 0 spiro atoms. The van der Waals surface area contributed by atoms with Crippen molar-refractivity contribution in [1.29, 1.82) is 0 Å². The highest BCUT2D eigenvalue weighted by atomic mass is 16.5. The minimum Gasteiger partial charge on any atom is -0.388 e. The average molecular weight is 338 g/mol. The number of nitrogens with zero attached hydrogens (tertiary/aromatic N) is 2. The Kier molecular flexibility index (Phi) is 6.33. The van der Waals surface area contributed by atoms with Gasteiger partial charge in [0.2, 0.25) is 0 Å². The van der Waals surface area contributed by atoms with Crippen molar-refractivity contribution < 1.29 is 19.4 Å². The number of amides is 2. The van der Waals surface area contributed by atoms with Crippen LogP contribution < -0.4 is 10.6 Å². The summed E-state index contributed by atoms with van der Waals surface area (Å²) in [6.45, 7) is 5.11. The average Bonchev–Trinajstić information content (AvgIpc) is 3.25. The molecule has 0 bridgehead atoms. The van der Waals surface area contributed by atoms with Gasteiger partial charge in [-0.3, -0.25) is 14.3 Å². The number of nitrogens with one attached hydrogen (secondary N) is 2. The van der Waals surface area contributed by atoms with E-state index in [0.717, 1.165) is 19.4 Å². The Labute approximate surface area is 141 Å². The van der Waals surface area contributed by atoms with E-state index < -0.39 is 17.4 Å². The number of carbonyl (C=O) groups excluding carboxylic acids is 2. The predicted molar refractivity (Wildman–Crippen MR) is 88.4 cm³/mol. The molecule has 1 aromatic heterocycles. The highest BCUT2D eigenvalue weighted by Gasteiger charge is 2.25. The van der Waals surface area contributed by atoms with Crippen LogP contribution in [0, 0.1) is 0 Å². The third-order valence-electron chi connectivity index (χ3n) is 4.41. The molecule has 24 heavy (non-hydrogen) atoms. The molecule has 0 radical (unpaired) electrons. The molecule has 3 N–H and O–H groups in total. The summed E-state index contributed by atoms with van der Waals surface area (Å²) in [4.78, 5) is 23.7. The first-order chi connectivity index (χ1) is 11.5. The number of anilines is 1. The standard InChI is InChI=1S/C16H26N4O4/c1-3-16(23,4-2)11-17-14(21)15(22)19-12-8-18-20(9-12)10-13-6-5-7-24-13/h8-9,13,23H,3-7,10-11H2,1-2H3,(H,17,21)(H,19,22)/t13-/m0/s1. The fourth-order valence-electron chi connectivity index (χ4n) is 2.54. The van der Waals surface area contributed by atoms with Crippen molar-refractivity contribution in [2.45, 2.75) is 57.8 Å². The van der Waals surface area contributed by atoms with Crippen LogP contribution in [-0.4, -0.2) is 51.6 Å². The van der Waals surface area contributed by atoms with Crippen molar-refractivity contribution in [1.82, 2.24) is 15.1 Å². The summed E-state index contributed by atoms with van der Waals surface area (Å²) < 4.78 is 7.23. The lowest BCUT2D eigenvalue weighted by Gasteiger charge is -2.25. The van der Waals surface area contributed by atoms with Crippen LogP contribution in [0.3, 0.4) is 0 Å². The predicted octanol–water partition coefficient (Wildman–Crippen LogP) is 0.668. The highest BCUT2D eigenvalue weighted by molar-refractivity contribution is 6.39. The molecule has 1 atom stereocenters. The van der Waals surface area contributed by atoms with E-state index >= 15 is 0 Å². The fraction of sp³-hybridized carbons (Fsp3) is 0.688. The van der Waals surface area contributed by atoms with Crippen molar-refractivity contribution in [3.63, 3.8) is 0 Å². The summed E-state index contributed by atoms with van der Waals surface area (Å²) in [7, 11) is 0. The maximum absolute atomic E-state index is 11.9. The number of ether oxygens (including phenoxy) is 1. The van der Waals surface area contributed by atoms with Gasteiger partial charge >= 0.3 is 11.8 Å². The van der Waals surface area contributed by atoms with Crippen LogP contribution in [0.4, 0.5) is 5.69 Å². The third kappa shape index (κ3) is 5.04. The molecule has 2 rings (SSSR count). The van der Waals surface area contributed by atoms with Crippen molar-refractivity contribution in [3.8, 4) is 0 Å². The van der Waals surface area contributed by atoms with Gasteiger partial charge in [-0.25, -0.2) is 0 Å². The van der Waals surface area contributed by atoms with Crippen molar-refractivity contribution >= 4 is 17.5 Å². The molecule has 1 aliphatic rings. The van der Waals surface area contributed by atoms with Crippen LogP contribution in [0.2, 0.25) is 0 Å². The quantitative estimate of drug-likeness (QED) is 0.634. The molecule has 0 saturated carbocycles. The fourth-order valence-corrected chi connectivity index (χ4v) is 2.54. The summed E-state index contributed by atoms with van der Waals surface area (Å²) in [6.07, 6.45) is 6.37. The summed E-state index contributed by atoms with van der Waals surface area (Å²) in [5, 5.41) is 19.2. The first-order valence-electron chi connectivity index (χ1n) is 8.41. The Morgan fingerprint density at radius 3 is 2.79 bits per heavy atom. The Bertz CT molecular complexity index is 562. The Morgan fingerprint density at radius 2 is 2.17 bits per heavy atom. The molecule has 1 aromatic rings. The van der Waals surface area contributed by atoms with E-state index in [-0.39, 0.29) is 12.6 Å². The van der Waals surface area contributed by atoms with E-state index in [1.165, 1.54) is 6.20 Å². The highest BCUT2D eigenvalue weighted by Crippen LogP contribution is 2.15. The smallest absolute Gasteiger partial charge is 0.313 e. The zero-order valence-corrected chi connectivity index (χ0v) is 14.2. The van der Waals surface area contributed by atoms with Gasteiger partial charge < -0.3 is 20.5 Å². The van der Waals surface area contributed by atoms with Crippen molar-refractivity contribution in [2.24, 2.45) is 0 Å². The normalized spacial score (nSPS) is 17.7. The van der Waals surface area contributed by atoms with Gasteiger partial charge in [0.1, 0.15) is 0 Å². The van der Waals surface area contributed by atoms with Crippen LogP contribution in [0.1, 0.15) is 39.5 Å². The molecule has 0 aromatic carbocycles. The van der Waals surface area contributed by atoms with Gasteiger partial charge in [-0.15, -0.1) is 0 Å². The number of aromatic nitrogens is 2. The topological polar surface area (TPSA) is 105 Å². The zero-order valence-electron chi connectivity index (χ0n) is 14.2. The largest absolute Gasteiger partial charge is 0.388 e. The molecule has 2 heterocycles. The van der Waals surface area contributed by atoms with E-state index in [4.69, 9.17) is 4.74 Å². The maximum Gasteiger partial charge on any atom is 0.313 e. The van der Waals surface area contributed by atoms with Crippen LogP contribution >= 0.6 is 0 Å². The molecule has 1 saturated heterocycles. The van der Waals surface area contributed by atoms with Gasteiger partial charge in [-0.1, -0.05) is 13.8 Å². The second kappa shape index (κ2) is 8.25. The molecule has 2 amide bonds. The number of rotatable bonds is 7. The molecule has 8 nitrogen and oxygen atoms in total. The lowest BCUT2D eigenvalue weighted by atomic mass is 9.98. The van der Waals surface area contributed by atoms with Crippen LogP contribution in [0.25, 0.3) is 0 Å². The summed E-state index contributed by atoms with van der Waals surface area (Å²) in [5.41, 5.74) is -0.531. The Balaban J connectivity index is 1.81. The number of hydrogen-bond donors (Lipinski definition) is 3. The molecule has 0 unspecified atom stereocenters. The third-order valence-corrected chi connectivity index (χ3v) is 4.41. The maximum atomic E-state index is 11.9. The van der Waals surface area contributed by atoms with Gasteiger partial charge in [0.25, 0.3) is 0 Å². The molecule has 1 aliphatic heterocycles. The van der Waals surface area contributed by atoms with Crippen molar-refractivity contribution in [2.75, 3.05) is 18.5 Å².